The molecule has 2 rings (SSSR count). The van der Waals surface area contributed by atoms with Crippen LogP contribution in [-0.4, -0.2) is 34.7 Å². The van der Waals surface area contributed by atoms with Gasteiger partial charge in [-0.2, -0.15) is 11.8 Å². The molecule has 3 N–H and O–H groups in total. The lowest BCUT2D eigenvalue weighted by molar-refractivity contribution is 0.0697. The largest absolute Gasteiger partial charge is 0.478 e. The summed E-state index contributed by atoms with van der Waals surface area (Å²) in [6.07, 6.45) is 2.09. The molecule has 1 aliphatic heterocycles. The quantitative estimate of drug-likeness (QED) is 0.801. The Hall–Kier alpha value is -1.21. The Kier molecular flexibility index (Phi) is 4.93. The van der Waals surface area contributed by atoms with Crippen molar-refractivity contribution in [1.29, 1.82) is 0 Å². The first-order valence-corrected chi connectivity index (χ1v) is 8.44. The minimum atomic E-state index is -1.00. The fourth-order valence-electron chi connectivity index (χ4n) is 2.15. The predicted molar refractivity (Wildman–Crippen MR) is 83.3 cm³/mol. The molecule has 7 heteroatoms. The van der Waals surface area contributed by atoms with Crippen molar-refractivity contribution >= 4 is 40.1 Å². The van der Waals surface area contributed by atoms with E-state index < -0.39 is 5.97 Å². The molecule has 0 spiro atoms. The Morgan fingerprint density at radius 2 is 2.10 bits per heavy atom. The van der Waals surface area contributed by atoms with Crippen molar-refractivity contribution in [2.45, 2.75) is 32.7 Å². The lowest BCUT2D eigenvalue weighted by Crippen LogP contribution is -2.40. The number of hydrogen-bond donors (Lipinski definition) is 3. The van der Waals surface area contributed by atoms with E-state index in [1.165, 1.54) is 11.3 Å². The van der Waals surface area contributed by atoms with E-state index in [1.54, 1.807) is 6.92 Å². The van der Waals surface area contributed by atoms with Crippen LogP contribution in [-0.2, 0) is 0 Å². The van der Waals surface area contributed by atoms with Gasteiger partial charge in [-0.1, -0.05) is 0 Å². The molecule has 0 aliphatic carbocycles. The molecular weight excluding hydrogens is 296 g/mol. The van der Waals surface area contributed by atoms with Crippen LogP contribution in [0.2, 0.25) is 0 Å². The molecule has 1 fully saturated rings. The molecular formula is C13H18N2O3S2. The van der Waals surface area contributed by atoms with Crippen LogP contribution in [0.3, 0.4) is 0 Å². The first kappa shape index (κ1) is 15.2. The van der Waals surface area contributed by atoms with Crippen LogP contribution in [0.5, 0.6) is 0 Å². The number of amides is 2. The van der Waals surface area contributed by atoms with Crippen molar-refractivity contribution in [3.8, 4) is 0 Å². The number of hydrogen-bond acceptors (Lipinski definition) is 4. The number of thiophene rings is 1. The van der Waals surface area contributed by atoms with Crippen LogP contribution in [0.15, 0.2) is 0 Å². The van der Waals surface area contributed by atoms with Crippen molar-refractivity contribution in [1.82, 2.24) is 5.32 Å². The van der Waals surface area contributed by atoms with E-state index >= 15 is 0 Å². The fraction of sp³-hybridized carbons (Fsp3) is 0.538. The average molecular weight is 314 g/mol. The Morgan fingerprint density at radius 1 is 1.35 bits per heavy atom. The van der Waals surface area contributed by atoms with E-state index in [-0.39, 0.29) is 17.6 Å². The monoisotopic (exact) mass is 314 g/mol. The van der Waals surface area contributed by atoms with Gasteiger partial charge in [0, 0.05) is 16.7 Å². The van der Waals surface area contributed by atoms with Crippen LogP contribution in [0.25, 0.3) is 0 Å². The van der Waals surface area contributed by atoms with Crippen molar-refractivity contribution in [3.63, 3.8) is 0 Å². The Bertz CT molecular complexity index is 522. The molecule has 1 unspecified atom stereocenters. The Labute approximate surface area is 126 Å². The van der Waals surface area contributed by atoms with Crippen LogP contribution in [0, 0.1) is 13.8 Å². The van der Waals surface area contributed by atoms with Crippen LogP contribution in [0.1, 0.15) is 33.6 Å². The van der Waals surface area contributed by atoms with Crippen LogP contribution in [0.4, 0.5) is 9.80 Å². The molecule has 1 atom stereocenters. The maximum atomic E-state index is 12.0. The second-order valence-electron chi connectivity index (χ2n) is 4.81. The van der Waals surface area contributed by atoms with Gasteiger partial charge in [0.2, 0.25) is 0 Å². The van der Waals surface area contributed by atoms with Gasteiger partial charge in [-0.05, 0) is 38.0 Å². The molecule has 110 valence electrons. The van der Waals surface area contributed by atoms with Gasteiger partial charge in [0.05, 0.1) is 5.56 Å². The third-order valence-electron chi connectivity index (χ3n) is 3.32. The van der Waals surface area contributed by atoms with Gasteiger partial charge in [-0.25, -0.2) is 9.59 Å². The summed E-state index contributed by atoms with van der Waals surface area (Å²) in [4.78, 5) is 24.1. The van der Waals surface area contributed by atoms with Crippen molar-refractivity contribution in [2.24, 2.45) is 0 Å². The zero-order chi connectivity index (χ0) is 14.7. The lowest BCUT2D eigenvalue weighted by Gasteiger charge is -2.22. The van der Waals surface area contributed by atoms with Gasteiger partial charge in [-0.15, -0.1) is 11.3 Å². The van der Waals surface area contributed by atoms with E-state index in [4.69, 9.17) is 0 Å². The van der Waals surface area contributed by atoms with Crippen LogP contribution < -0.4 is 10.6 Å². The molecule has 0 radical (unpaired) electrons. The zero-order valence-electron chi connectivity index (χ0n) is 11.5. The highest BCUT2D eigenvalue weighted by atomic mass is 32.2. The molecule has 1 aliphatic rings. The third kappa shape index (κ3) is 3.46. The number of rotatable bonds is 3. The molecule has 1 saturated heterocycles. The topological polar surface area (TPSA) is 78.4 Å². The summed E-state index contributed by atoms with van der Waals surface area (Å²) in [5.74, 6) is 1.06. The predicted octanol–water partition coefficient (Wildman–Crippen LogP) is 3.08. The number of carboxylic acid groups (broad SMARTS) is 1. The number of nitrogens with one attached hydrogen (secondary N) is 2. The van der Waals surface area contributed by atoms with Gasteiger partial charge in [0.25, 0.3) is 0 Å². The third-order valence-corrected chi connectivity index (χ3v) is 5.66. The van der Waals surface area contributed by atoms with Crippen molar-refractivity contribution in [2.75, 3.05) is 16.8 Å². The smallest absolute Gasteiger partial charge is 0.338 e. The summed E-state index contributed by atoms with van der Waals surface area (Å²) in [5.41, 5.74) is 0.909. The number of urea groups is 1. The standard InChI is InChI=1S/C13H18N2O3S2/c1-7-8(2)20-11(10(7)12(16)17)15-13(18)14-9-4-3-5-19-6-9/h9H,3-6H2,1-2H3,(H,16,17)(H2,14,15,18). The Balaban J connectivity index is 2.04. The fourth-order valence-corrected chi connectivity index (χ4v) is 4.27. The van der Waals surface area contributed by atoms with E-state index in [2.05, 4.69) is 10.6 Å². The lowest BCUT2D eigenvalue weighted by atomic mass is 10.1. The highest BCUT2D eigenvalue weighted by molar-refractivity contribution is 7.99. The Morgan fingerprint density at radius 3 is 2.70 bits per heavy atom. The zero-order valence-corrected chi connectivity index (χ0v) is 13.1. The van der Waals surface area contributed by atoms with E-state index in [0.29, 0.717) is 10.6 Å². The number of aromatic carboxylic acids is 1. The average Bonchev–Trinajstić information content (AvgIpc) is 2.65. The minimum absolute atomic E-state index is 0.171. The van der Waals surface area contributed by atoms with E-state index in [1.807, 2.05) is 18.7 Å². The highest BCUT2D eigenvalue weighted by Gasteiger charge is 2.22. The number of thioether (sulfide) groups is 1. The summed E-state index contributed by atoms with van der Waals surface area (Å²) < 4.78 is 0. The summed E-state index contributed by atoms with van der Waals surface area (Å²) >= 11 is 3.13. The van der Waals surface area contributed by atoms with E-state index in [9.17, 15) is 14.7 Å². The van der Waals surface area contributed by atoms with Crippen molar-refractivity contribution < 1.29 is 14.7 Å². The SMILES string of the molecule is Cc1sc(NC(=O)NC2CCCSC2)c(C(=O)O)c1C. The van der Waals surface area contributed by atoms with Gasteiger partial charge < -0.3 is 10.4 Å². The second kappa shape index (κ2) is 6.49. The number of anilines is 1. The summed E-state index contributed by atoms with van der Waals surface area (Å²) in [5, 5.41) is 15.2. The molecule has 5 nitrogen and oxygen atoms in total. The van der Waals surface area contributed by atoms with E-state index in [0.717, 1.165) is 29.2 Å². The molecule has 0 bridgehead atoms. The summed E-state index contributed by atoms with van der Waals surface area (Å²) in [6, 6.07) is -0.148. The van der Waals surface area contributed by atoms with Crippen LogP contribution >= 0.6 is 23.1 Å². The molecule has 2 heterocycles. The van der Waals surface area contributed by atoms with Gasteiger partial charge in [-0.3, -0.25) is 5.32 Å². The minimum Gasteiger partial charge on any atom is -0.478 e. The number of carboxylic acids is 1. The first-order chi connectivity index (χ1) is 9.49. The number of carbonyl (C=O) groups excluding carboxylic acids is 1. The molecule has 0 aromatic carbocycles. The molecule has 0 saturated carbocycles. The molecule has 1 aromatic heterocycles. The first-order valence-electron chi connectivity index (χ1n) is 6.47. The number of aryl methyl sites for hydroxylation is 1. The van der Waals surface area contributed by atoms with Crippen molar-refractivity contribution in [3.05, 3.63) is 16.0 Å². The number of carbonyl (C=O) groups is 2. The molecule has 1 aromatic rings. The maximum absolute atomic E-state index is 12.0. The summed E-state index contributed by atoms with van der Waals surface area (Å²) in [7, 11) is 0. The van der Waals surface area contributed by atoms with Gasteiger partial charge >= 0.3 is 12.0 Å². The van der Waals surface area contributed by atoms with Gasteiger partial charge in [0.1, 0.15) is 5.00 Å². The van der Waals surface area contributed by atoms with Gasteiger partial charge in [0.15, 0.2) is 0 Å². The highest BCUT2D eigenvalue weighted by Crippen LogP contribution is 2.32. The summed E-state index contributed by atoms with van der Waals surface area (Å²) in [6.45, 7) is 3.61. The maximum Gasteiger partial charge on any atom is 0.338 e. The normalized spacial score (nSPS) is 18.6. The molecule has 20 heavy (non-hydrogen) atoms. The second-order valence-corrected chi connectivity index (χ2v) is 7.18. The molecule has 2 amide bonds.